The summed E-state index contributed by atoms with van der Waals surface area (Å²) in [5.74, 6) is -0.662. The van der Waals surface area contributed by atoms with E-state index in [0.717, 1.165) is 11.8 Å². The topological polar surface area (TPSA) is 89.4 Å². The SMILES string of the molecule is CO/C=C(/C(=O)O)c1ccccc1CSC(=O)c1ncccn1. The lowest BCUT2D eigenvalue weighted by atomic mass is 10.0. The van der Waals surface area contributed by atoms with Crippen molar-refractivity contribution in [2.75, 3.05) is 7.11 Å². The summed E-state index contributed by atoms with van der Waals surface area (Å²) < 4.78 is 4.83. The van der Waals surface area contributed by atoms with Crippen LogP contribution in [0.15, 0.2) is 49.0 Å². The second-order valence-electron chi connectivity index (χ2n) is 4.38. The fraction of sp³-hybridized carbons (Fsp3) is 0.125. The Morgan fingerprint density at radius 2 is 1.91 bits per heavy atom. The Kier molecular flexibility index (Phi) is 5.87. The van der Waals surface area contributed by atoms with Gasteiger partial charge < -0.3 is 9.84 Å². The first-order valence-corrected chi connectivity index (χ1v) is 7.60. The molecule has 6 nitrogen and oxygen atoms in total. The van der Waals surface area contributed by atoms with E-state index in [1.165, 1.54) is 25.8 Å². The van der Waals surface area contributed by atoms with Crippen LogP contribution in [0.3, 0.4) is 0 Å². The largest absolute Gasteiger partial charge is 0.503 e. The Morgan fingerprint density at radius 1 is 1.22 bits per heavy atom. The van der Waals surface area contributed by atoms with Crippen LogP contribution in [0.2, 0.25) is 0 Å². The molecule has 2 rings (SSSR count). The lowest BCUT2D eigenvalue weighted by molar-refractivity contribution is -0.130. The van der Waals surface area contributed by atoms with Crippen molar-refractivity contribution >= 4 is 28.4 Å². The third-order valence-corrected chi connectivity index (χ3v) is 3.78. The second-order valence-corrected chi connectivity index (χ2v) is 5.33. The van der Waals surface area contributed by atoms with Gasteiger partial charge in [0.25, 0.3) is 5.12 Å². The lowest BCUT2D eigenvalue weighted by Gasteiger charge is -2.09. The molecule has 0 fully saturated rings. The Hall–Kier alpha value is -2.67. The molecule has 0 aliphatic carbocycles. The minimum atomic E-state index is -1.10. The number of thioether (sulfide) groups is 1. The minimum absolute atomic E-state index is 0.0344. The number of nitrogens with zero attached hydrogens (tertiary/aromatic N) is 2. The number of hydrogen-bond donors (Lipinski definition) is 1. The number of hydrogen-bond acceptors (Lipinski definition) is 6. The molecule has 0 saturated carbocycles. The summed E-state index contributed by atoms with van der Waals surface area (Å²) in [4.78, 5) is 31.2. The molecule has 23 heavy (non-hydrogen) atoms. The number of rotatable bonds is 6. The summed E-state index contributed by atoms with van der Waals surface area (Å²) in [6.45, 7) is 0. The third kappa shape index (κ3) is 4.40. The fourth-order valence-corrected chi connectivity index (χ4v) is 2.64. The molecule has 1 N–H and O–H groups in total. The lowest BCUT2D eigenvalue weighted by Crippen LogP contribution is -2.05. The number of carbonyl (C=O) groups excluding carboxylic acids is 1. The zero-order chi connectivity index (χ0) is 16.7. The van der Waals surface area contributed by atoms with Gasteiger partial charge in [-0.2, -0.15) is 0 Å². The van der Waals surface area contributed by atoms with Crippen molar-refractivity contribution in [2.24, 2.45) is 0 Å². The summed E-state index contributed by atoms with van der Waals surface area (Å²) >= 11 is 1.02. The summed E-state index contributed by atoms with van der Waals surface area (Å²) in [5.41, 5.74) is 1.26. The Balaban J connectivity index is 2.20. The van der Waals surface area contributed by atoms with Crippen molar-refractivity contribution in [2.45, 2.75) is 5.75 Å². The van der Waals surface area contributed by atoms with Gasteiger partial charge in [-0.05, 0) is 17.2 Å². The van der Waals surface area contributed by atoms with Gasteiger partial charge in [0.15, 0.2) is 0 Å². The highest BCUT2D eigenvalue weighted by molar-refractivity contribution is 8.13. The van der Waals surface area contributed by atoms with Crippen LogP contribution in [0.4, 0.5) is 0 Å². The Labute approximate surface area is 137 Å². The Morgan fingerprint density at radius 3 is 2.57 bits per heavy atom. The summed E-state index contributed by atoms with van der Waals surface area (Å²) in [6, 6.07) is 8.60. The van der Waals surface area contributed by atoms with E-state index in [9.17, 15) is 14.7 Å². The smallest absolute Gasteiger partial charge is 0.339 e. The highest BCUT2D eigenvalue weighted by atomic mass is 32.2. The molecule has 7 heteroatoms. The van der Waals surface area contributed by atoms with Gasteiger partial charge in [-0.25, -0.2) is 14.8 Å². The molecular formula is C16H14N2O4S. The predicted octanol–water partition coefficient (Wildman–Crippen LogP) is 2.62. The molecular weight excluding hydrogens is 316 g/mol. The molecule has 0 unspecified atom stereocenters. The molecule has 1 aromatic carbocycles. The van der Waals surface area contributed by atoms with Gasteiger partial charge in [0.2, 0.25) is 5.82 Å². The van der Waals surface area contributed by atoms with E-state index >= 15 is 0 Å². The molecule has 0 saturated heterocycles. The molecule has 2 aromatic rings. The fourth-order valence-electron chi connectivity index (χ4n) is 1.87. The summed E-state index contributed by atoms with van der Waals surface area (Å²) in [5, 5.41) is 9.03. The van der Waals surface area contributed by atoms with E-state index in [4.69, 9.17) is 4.74 Å². The van der Waals surface area contributed by atoms with Crippen molar-refractivity contribution in [3.8, 4) is 0 Å². The van der Waals surface area contributed by atoms with E-state index in [0.29, 0.717) is 16.9 Å². The number of ether oxygens (including phenoxy) is 1. The van der Waals surface area contributed by atoms with E-state index in [1.54, 1.807) is 30.3 Å². The number of carboxylic acid groups (broad SMARTS) is 1. The molecule has 1 aromatic heterocycles. The molecule has 0 amide bonds. The third-order valence-electron chi connectivity index (χ3n) is 2.88. The van der Waals surface area contributed by atoms with Crippen LogP contribution in [-0.4, -0.2) is 33.3 Å². The number of methoxy groups -OCH3 is 1. The standard InChI is InChI=1S/C16H14N2O4S/c1-22-9-13(15(19)20)12-6-3-2-5-11(12)10-23-16(21)14-17-7-4-8-18-14/h2-9H,10H2,1H3,(H,19,20)/b13-9+. The van der Waals surface area contributed by atoms with Gasteiger partial charge in [-0.3, -0.25) is 4.79 Å². The zero-order valence-electron chi connectivity index (χ0n) is 12.3. The van der Waals surface area contributed by atoms with Crippen molar-refractivity contribution in [3.63, 3.8) is 0 Å². The second kappa shape index (κ2) is 8.09. The number of aromatic nitrogens is 2. The van der Waals surface area contributed by atoms with Crippen LogP contribution in [0.1, 0.15) is 21.7 Å². The van der Waals surface area contributed by atoms with Crippen LogP contribution < -0.4 is 0 Å². The van der Waals surface area contributed by atoms with Crippen molar-refractivity contribution in [3.05, 3.63) is 65.9 Å². The van der Waals surface area contributed by atoms with Crippen LogP contribution in [0.5, 0.6) is 0 Å². The minimum Gasteiger partial charge on any atom is -0.503 e. The van der Waals surface area contributed by atoms with E-state index in [2.05, 4.69) is 9.97 Å². The van der Waals surface area contributed by atoms with Crippen molar-refractivity contribution in [1.82, 2.24) is 9.97 Å². The van der Waals surface area contributed by atoms with Gasteiger partial charge in [0.1, 0.15) is 5.57 Å². The molecule has 0 radical (unpaired) electrons. The van der Waals surface area contributed by atoms with Crippen LogP contribution in [0, 0.1) is 0 Å². The van der Waals surface area contributed by atoms with Gasteiger partial charge in [0, 0.05) is 18.1 Å². The van der Waals surface area contributed by atoms with Gasteiger partial charge in [-0.15, -0.1) is 0 Å². The molecule has 118 valence electrons. The molecule has 0 bridgehead atoms. The van der Waals surface area contributed by atoms with Gasteiger partial charge in [-0.1, -0.05) is 36.0 Å². The van der Waals surface area contributed by atoms with E-state index in [-0.39, 0.29) is 16.5 Å². The molecule has 0 aliphatic heterocycles. The van der Waals surface area contributed by atoms with Crippen LogP contribution >= 0.6 is 11.8 Å². The van der Waals surface area contributed by atoms with Gasteiger partial charge >= 0.3 is 5.97 Å². The molecule has 1 heterocycles. The monoisotopic (exact) mass is 330 g/mol. The highest BCUT2D eigenvalue weighted by Gasteiger charge is 2.16. The molecule has 0 aliphatic rings. The average molecular weight is 330 g/mol. The van der Waals surface area contributed by atoms with E-state index in [1.807, 2.05) is 0 Å². The quantitative estimate of drug-likeness (QED) is 0.643. The predicted molar refractivity (Wildman–Crippen MR) is 86.7 cm³/mol. The van der Waals surface area contributed by atoms with E-state index < -0.39 is 5.97 Å². The first-order chi connectivity index (χ1) is 11.1. The highest BCUT2D eigenvalue weighted by Crippen LogP contribution is 2.25. The van der Waals surface area contributed by atoms with Crippen molar-refractivity contribution < 1.29 is 19.4 Å². The number of carboxylic acids is 1. The zero-order valence-corrected chi connectivity index (χ0v) is 13.1. The number of carbonyl (C=O) groups is 2. The Bertz CT molecular complexity index is 732. The summed E-state index contributed by atoms with van der Waals surface area (Å²) in [7, 11) is 1.39. The maximum absolute atomic E-state index is 12.0. The number of aliphatic carboxylic acids is 1. The molecule has 0 atom stereocenters. The first kappa shape index (κ1) is 16.7. The maximum atomic E-state index is 12.0. The maximum Gasteiger partial charge on any atom is 0.339 e. The van der Waals surface area contributed by atoms with Gasteiger partial charge in [0.05, 0.1) is 13.4 Å². The number of benzene rings is 1. The normalized spacial score (nSPS) is 11.1. The summed E-state index contributed by atoms with van der Waals surface area (Å²) in [6.07, 6.45) is 4.17. The van der Waals surface area contributed by atoms with Crippen molar-refractivity contribution in [1.29, 1.82) is 0 Å². The van der Waals surface area contributed by atoms with Crippen LogP contribution in [-0.2, 0) is 15.3 Å². The molecule has 0 spiro atoms. The first-order valence-electron chi connectivity index (χ1n) is 6.62. The van der Waals surface area contributed by atoms with Crippen LogP contribution in [0.25, 0.3) is 5.57 Å². The average Bonchev–Trinajstić information content (AvgIpc) is 2.58.